The van der Waals surface area contributed by atoms with Gasteiger partial charge in [-0.3, -0.25) is 10.1 Å². The number of anilines is 1. The first-order valence-corrected chi connectivity index (χ1v) is 6.36. The second kappa shape index (κ2) is 6.65. The van der Waals surface area contributed by atoms with Crippen molar-refractivity contribution in [2.45, 2.75) is 13.5 Å². The molecule has 7 heteroatoms. The highest BCUT2D eigenvalue weighted by Gasteiger charge is 2.19. The molecular weight excluding hydrogens is 277 g/mol. The Kier molecular flexibility index (Phi) is 4.65. The van der Waals surface area contributed by atoms with Crippen LogP contribution in [-0.2, 0) is 6.61 Å². The summed E-state index contributed by atoms with van der Waals surface area (Å²) in [7, 11) is 0. The van der Waals surface area contributed by atoms with Gasteiger partial charge in [0, 0.05) is 18.8 Å². The smallest absolute Gasteiger partial charge is 0.314 e. The standard InChI is InChI=1S/C14H14FN3O3/c1-2-16-13-8-10(6-7-17-13)9-21-14-11(15)4-3-5-12(14)18(19)20/h3-8H,2,9H2,1H3,(H,16,17). The van der Waals surface area contributed by atoms with E-state index in [9.17, 15) is 14.5 Å². The van der Waals surface area contributed by atoms with Crippen LogP contribution in [0.1, 0.15) is 12.5 Å². The van der Waals surface area contributed by atoms with Crippen molar-refractivity contribution in [2.75, 3.05) is 11.9 Å². The van der Waals surface area contributed by atoms with Crippen LogP contribution in [0, 0.1) is 15.9 Å². The molecule has 0 atom stereocenters. The summed E-state index contributed by atoms with van der Waals surface area (Å²) in [5, 5.41) is 13.9. The van der Waals surface area contributed by atoms with Crippen molar-refractivity contribution in [3.63, 3.8) is 0 Å². The number of pyridine rings is 1. The molecule has 0 amide bonds. The third-order valence-corrected chi connectivity index (χ3v) is 2.71. The number of hydrogen-bond acceptors (Lipinski definition) is 5. The van der Waals surface area contributed by atoms with E-state index < -0.39 is 16.4 Å². The van der Waals surface area contributed by atoms with E-state index in [1.54, 1.807) is 18.3 Å². The van der Waals surface area contributed by atoms with Crippen LogP contribution in [0.5, 0.6) is 5.75 Å². The molecule has 0 saturated heterocycles. The largest absolute Gasteiger partial charge is 0.480 e. The molecule has 110 valence electrons. The summed E-state index contributed by atoms with van der Waals surface area (Å²) in [6.07, 6.45) is 1.59. The van der Waals surface area contributed by atoms with E-state index in [-0.39, 0.29) is 12.4 Å². The minimum absolute atomic E-state index is 0.0166. The summed E-state index contributed by atoms with van der Waals surface area (Å²) >= 11 is 0. The zero-order valence-corrected chi connectivity index (χ0v) is 11.4. The van der Waals surface area contributed by atoms with E-state index in [2.05, 4.69) is 10.3 Å². The van der Waals surface area contributed by atoms with E-state index in [0.717, 1.165) is 18.2 Å². The lowest BCUT2D eigenvalue weighted by atomic mass is 10.2. The lowest BCUT2D eigenvalue weighted by Gasteiger charge is -2.09. The van der Waals surface area contributed by atoms with Crippen molar-refractivity contribution in [1.29, 1.82) is 0 Å². The maximum Gasteiger partial charge on any atom is 0.314 e. The van der Waals surface area contributed by atoms with Gasteiger partial charge in [0.25, 0.3) is 0 Å². The van der Waals surface area contributed by atoms with Crippen LogP contribution < -0.4 is 10.1 Å². The summed E-state index contributed by atoms with van der Waals surface area (Å²) in [6.45, 7) is 2.67. The van der Waals surface area contributed by atoms with Crippen molar-refractivity contribution < 1.29 is 14.1 Å². The molecule has 1 aromatic heterocycles. The number of aromatic nitrogens is 1. The third-order valence-electron chi connectivity index (χ3n) is 2.71. The Morgan fingerprint density at radius 2 is 2.24 bits per heavy atom. The quantitative estimate of drug-likeness (QED) is 0.653. The molecule has 1 heterocycles. The second-order valence-electron chi connectivity index (χ2n) is 4.21. The molecule has 0 aliphatic rings. The lowest BCUT2D eigenvalue weighted by molar-refractivity contribution is -0.386. The van der Waals surface area contributed by atoms with E-state index >= 15 is 0 Å². The average Bonchev–Trinajstić information content (AvgIpc) is 2.46. The summed E-state index contributed by atoms with van der Waals surface area (Å²) in [6, 6.07) is 7.05. The summed E-state index contributed by atoms with van der Waals surface area (Å²) in [5.41, 5.74) is 0.342. The zero-order valence-electron chi connectivity index (χ0n) is 11.4. The molecule has 0 saturated carbocycles. The van der Waals surface area contributed by atoms with Crippen molar-refractivity contribution in [2.24, 2.45) is 0 Å². The van der Waals surface area contributed by atoms with Crippen LogP contribution in [0.4, 0.5) is 15.9 Å². The molecule has 0 radical (unpaired) electrons. The van der Waals surface area contributed by atoms with Crippen LogP contribution in [0.25, 0.3) is 0 Å². The minimum atomic E-state index is -0.759. The first kappa shape index (κ1) is 14.7. The van der Waals surface area contributed by atoms with Gasteiger partial charge >= 0.3 is 5.69 Å². The van der Waals surface area contributed by atoms with Crippen molar-refractivity contribution in [1.82, 2.24) is 4.98 Å². The molecule has 1 N–H and O–H groups in total. The molecule has 2 aromatic rings. The predicted molar refractivity (Wildman–Crippen MR) is 75.8 cm³/mol. The number of rotatable bonds is 6. The lowest BCUT2D eigenvalue weighted by Crippen LogP contribution is -2.03. The number of halogens is 1. The van der Waals surface area contributed by atoms with Gasteiger partial charge in [-0.25, -0.2) is 9.37 Å². The average molecular weight is 291 g/mol. The highest BCUT2D eigenvalue weighted by molar-refractivity contribution is 5.47. The number of ether oxygens (including phenoxy) is 1. The Labute approximate surface area is 120 Å². The first-order valence-electron chi connectivity index (χ1n) is 6.36. The second-order valence-corrected chi connectivity index (χ2v) is 4.21. The molecule has 2 rings (SSSR count). The fourth-order valence-electron chi connectivity index (χ4n) is 1.78. The Bertz CT molecular complexity index is 649. The van der Waals surface area contributed by atoms with Gasteiger partial charge in [-0.05, 0) is 30.7 Å². The number of benzene rings is 1. The molecule has 21 heavy (non-hydrogen) atoms. The number of hydrogen-bond donors (Lipinski definition) is 1. The summed E-state index contributed by atoms with van der Waals surface area (Å²) in [5.74, 6) is -0.448. The van der Waals surface area contributed by atoms with Gasteiger partial charge in [-0.1, -0.05) is 6.07 Å². The van der Waals surface area contributed by atoms with Crippen LogP contribution in [0.3, 0.4) is 0 Å². The minimum Gasteiger partial charge on any atom is -0.480 e. The van der Waals surface area contributed by atoms with E-state index in [4.69, 9.17) is 4.74 Å². The highest BCUT2D eigenvalue weighted by atomic mass is 19.1. The van der Waals surface area contributed by atoms with Crippen LogP contribution in [-0.4, -0.2) is 16.5 Å². The van der Waals surface area contributed by atoms with Crippen LogP contribution >= 0.6 is 0 Å². The number of nitrogens with one attached hydrogen (secondary N) is 1. The summed E-state index contributed by atoms with van der Waals surface area (Å²) in [4.78, 5) is 14.3. The Hall–Kier alpha value is -2.70. The Morgan fingerprint density at radius 1 is 1.43 bits per heavy atom. The molecule has 0 aliphatic heterocycles. The van der Waals surface area contributed by atoms with E-state index in [1.165, 1.54) is 12.1 Å². The van der Waals surface area contributed by atoms with Gasteiger partial charge in [0.15, 0.2) is 5.82 Å². The Morgan fingerprint density at radius 3 is 2.95 bits per heavy atom. The monoisotopic (exact) mass is 291 g/mol. The SMILES string of the molecule is CCNc1cc(COc2c(F)cccc2[N+](=O)[O-])ccn1. The van der Waals surface area contributed by atoms with Gasteiger partial charge in [-0.2, -0.15) is 0 Å². The molecule has 0 unspecified atom stereocenters. The molecule has 6 nitrogen and oxygen atoms in total. The number of nitro groups is 1. The number of nitrogens with zero attached hydrogens (tertiary/aromatic N) is 2. The highest BCUT2D eigenvalue weighted by Crippen LogP contribution is 2.30. The molecule has 1 aromatic carbocycles. The molecule has 0 aliphatic carbocycles. The summed E-state index contributed by atoms with van der Waals surface area (Å²) < 4.78 is 18.9. The van der Waals surface area contributed by atoms with Gasteiger partial charge in [0.05, 0.1) is 4.92 Å². The van der Waals surface area contributed by atoms with Gasteiger partial charge in [0.2, 0.25) is 5.75 Å². The molecule has 0 spiro atoms. The first-order chi connectivity index (χ1) is 10.1. The fraction of sp³-hybridized carbons (Fsp3) is 0.214. The van der Waals surface area contributed by atoms with Gasteiger partial charge in [0.1, 0.15) is 12.4 Å². The third kappa shape index (κ3) is 3.65. The normalized spacial score (nSPS) is 10.2. The number of nitro benzene ring substituents is 1. The van der Waals surface area contributed by atoms with E-state index in [0.29, 0.717) is 5.82 Å². The predicted octanol–water partition coefficient (Wildman–Crippen LogP) is 3.14. The molecule has 0 bridgehead atoms. The Balaban J connectivity index is 2.16. The molecule has 0 fully saturated rings. The molecular formula is C14H14FN3O3. The van der Waals surface area contributed by atoms with E-state index in [1.807, 2.05) is 6.92 Å². The fourth-order valence-corrected chi connectivity index (χ4v) is 1.78. The van der Waals surface area contributed by atoms with Crippen molar-refractivity contribution in [3.05, 3.63) is 58.0 Å². The van der Waals surface area contributed by atoms with Crippen molar-refractivity contribution >= 4 is 11.5 Å². The van der Waals surface area contributed by atoms with Gasteiger partial charge in [-0.15, -0.1) is 0 Å². The van der Waals surface area contributed by atoms with Gasteiger partial charge < -0.3 is 10.1 Å². The number of para-hydroxylation sites is 1. The van der Waals surface area contributed by atoms with Crippen LogP contribution in [0.2, 0.25) is 0 Å². The maximum atomic E-state index is 13.7. The maximum absolute atomic E-state index is 13.7. The van der Waals surface area contributed by atoms with Crippen LogP contribution in [0.15, 0.2) is 36.5 Å². The topological polar surface area (TPSA) is 77.3 Å². The zero-order chi connectivity index (χ0) is 15.2. The van der Waals surface area contributed by atoms with Crippen molar-refractivity contribution in [3.8, 4) is 5.75 Å².